The van der Waals surface area contributed by atoms with Gasteiger partial charge in [0.05, 0.1) is 37.3 Å². The molecule has 0 saturated heterocycles. The summed E-state index contributed by atoms with van der Waals surface area (Å²) in [6.45, 7) is 5.46. The molecule has 0 aliphatic carbocycles. The molecule has 0 spiro atoms. The van der Waals surface area contributed by atoms with E-state index in [9.17, 15) is 9.59 Å². The highest BCUT2D eigenvalue weighted by Gasteiger charge is 2.24. The summed E-state index contributed by atoms with van der Waals surface area (Å²) in [5, 5.41) is 0.410. The van der Waals surface area contributed by atoms with Crippen molar-refractivity contribution >= 4 is 16.9 Å². The van der Waals surface area contributed by atoms with Crippen LogP contribution in [-0.2, 0) is 17.7 Å². The fourth-order valence-electron chi connectivity index (χ4n) is 4.68. The van der Waals surface area contributed by atoms with Crippen LogP contribution < -0.4 is 24.4 Å². The van der Waals surface area contributed by atoms with Gasteiger partial charge in [0.15, 0.2) is 11.5 Å². The lowest BCUT2D eigenvalue weighted by Crippen LogP contribution is -2.33. The number of hydrogen-bond donors (Lipinski definition) is 0. The van der Waals surface area contributed by atoms with Crippen LogP contribution in [0, 0.1) is 6.92 Å². The van der Waals surface area contributed by atoms with E-state index in [1.165, 1.54) is 0 Å². The summed E-state index contributed by atoms with van der Waals surface area (Å²) in [4.78, 5) is 27.5. The van der Waals surface area contributed by atoms with E-state index in [2.05, 4.69) is 4.90 Å². The smallest absolute Gasteiger partial charge is 0.338 e. The van der Waals surface area contributed by atoms with Gasteiger partial charge in [-0.05, 0) is 74.4 Å². The third kappa shape index (κ3) is 5.46. The van der Waals surface area contributed by atoms with Crippen molar-refractivity contribution in [3.8, 4) is 28.7 Å². The minimum Gasteiger partial charge on any atom is -0.493 e. The van der Waals surface area contributed by atoms with Crippen molar-refractivity contribution in [2.45, 2.75) is 26.8 Å². The second-order valence-electron chi connectivity index (χ2n) is 9.35. The van der Waals surface area contributed by atoms with Crippen molar-refractivity contribution in [1.29, 1.82) is 0 Å². The Morgan fingerprint density at radius 1 is 1.00 bits per heavy atom. The fourth-order valence-corrected chi connectivity index (χ4v) is 4.68. The second kappa shape index (κ2) is 11.7. The molecule has 3 aromatic carbocycles. The lowest BCUT2D eigenvalue weighted by atomic mass is 10.1. The summed E-state index contributed by atoms with van der Waals surface area (Å²) in [6.07, 6.45) is 0.778. The van der Waals surface area contributed by atoms with Gasteiger partial charge in [-0.3, -0.25) is 9.69 Å². The monoisotopic (exact) mass is 545 g/mol. The van der Waals surface area contributed by atoms with Crippen molar-refractivity contribution in [3.63, 3.8) is 0 Å². The van der Waals surface area contributed by atoms with Gasteiger partial charge in [-0.1, -0.05) is 6.07 Å². The van der Waals surface area contributed by atoms with Gasteiger partial charge >= 0.3 is 5.97 Å². The Morgan fingerprint density at radius 3 is 2.50 bits per heavy atom. The maximum absolute atomic E-state index is 13.5. The molecule has 0 fully saturated rings. The van der Waals surface area contributed by atoms with E-state index >= 15 is 0 Å². The van der Waals surface area contributed by atoms with E-state index in [0.717, 1.165) is 24.1 Å². The first-order valence-electron chi connectivity index (χ1n) is 13.0. The number of methoxy groups -OCH3 is 2. The molecule has 0 saturated carbocycles. The molecule has 0 bridgehead atoms. The van der Waals surface area contributed by atoms with Crippen LogP contribution in [0.15, 0.2) is 63.8 Å². The molecule has 0 N–H and O–H groups in total. The van der Waals surface area contributed by atoms with Gasteiger partial charge < -0.3 is 28.1 Å². The predicted molar refractivity (Wildman–Crippen MR) is 149 cm³/mol. The first-order chi connectivity index (χ1) is 19.4. The number of carbonyl (C=O) groups excluding carboxylic acids is 1. The summed E-state index contributed by atoms with van der Waals surface area (Å²) >= 11 is 0. The van der Waals surface area contributed by atoms with E-state index in [1.807, 2.05) is 18.2 Å². The van der Waals surface area contributed by atoms with Crippen LogP contribution in [0.25, 0.3) is 11.0 Å². The minimum atomic E-state index is -0.416. The van der Waals surface area contributed by atoms with E-state index in [0.29, 0.717) is 65.2 Å². The molecule has 208 valence electrons. The van der Waals surface area contributed by atoms with E-state index in [4.69, 9.17) is 28.1 Å². The Morgan fingerprint density at radius 2 is 1.77 bits per heavy atom. The number of ether oxygens (including phenoxy) is 5. The van der Waals surface area contributed by atoms with Gasteiger partial charge in [0.25, 0.3) is 0 Å². The normalized spacial score (nSPS) is 12.9. The minimum absolute atomic E-state index is 0.0957. The van der Waals surface area contributed by atoms with E-state index in [1.54, 1.807) is 64.5 Å². The molecular weight excluding hydrogens is 514 g/mol. The number of carbonyl (C=O) groups is 1. The quantitative estimate of drug-likeness (QED) is 0.253. The molecule has 1 aliphatic rings. The average Bonchev–Trinajstić information content (AvgIpc) is 2.98. The lowest BCUT2D eigenvalue weighted by Gasteiger charge is -2.29. The summed E-state index contributed by atoms with van der Waals surface area (Å²) in [7, 11) is 3.24. The Balaban J connectivity index is 1.35. The molecule has 9 heteroatoms. The van der Waals surface area contributed by atoms with Crippen LogP contribution in [0.5, 0.6) is 28.7 Å². The molecule has 4 aromatic rings. The molecule has 5 rings (SSSR count). The maximum Gasteiger partial charge on any atom is 0.338 e. The number of nitrogens with zero attached hydrogens (tertiary/aromatic N) is 1. The van der Waals surface area contributed by atoms with Gasteiger partial charge in [-0.25, -0.2) is 4.79 Å². The third-order valence-corrected chi connectivity index (χ3v) is 6.78. The van der Waals surface area contributed by atoms with Gasteiger partial charge in [-0.15, -0.1) is 0 Å². The van der Waals surface area contributed by atoms with Crippen LogP contribution in [0.4, 0.5) is 0 Å². The first kappa shape index (κ1) is 27.1. The van der Waals surface area contributed by atoms with Crippen LogP contribution in [0.3, 0.4) is 0 Å². The van der Waals surface area contributed by atoms with E-state index < -0.39 is 5.97 Å². The third-order valence-electron chi connectivity index (χ3n) is 6.78. The van der Waals surface area contributed by atoms with Gasteiger partial charge in [0.2, 0.25) is 11.2 Å². The number of rotatable bonds is 9. The standard InChI is InChI=1S/C31H31NO8/c1-5-37-31(34)21-7-9-22(10-8-21)40-29-19(2)39-30-23(28(29)33)11-13-25-24(30)17-32(18-38-25)15-14-20-6-12-26(35-3)27(16-20)36-4/h6-13,16H,5,14-15,17-18H2,1-4H3. The lowest BCUT2D eigenvalue weighted by molar-refractivity contribution is 0.0526. The molecule has 0 amide bonds. The Kier molecular flexibility index (Phi) is 7.93. The predicted octanol–water partition coefficient (Wildman–Crippen LogP) is 5.48. The first-order valence-corrected chi connectivity index (χ1v) is 13.0. The Labute approximate surface area is 231 Å². The van der Waals surface area contributed by atoms with Crippen molar-refractivity contribution < 1.29 is 32.9 Å². The maximum atomic E-state index is 13.5. The van der Waals surface area contributed by atoms with Crippen molar-refractivity contribution in [3.05, 3.63) is 87.3 Å². The van der Waals surface area contributed by atoms with Crippen LogP contribution in [0.1, 0.15) is 34.2 Å². The zero-order chi connectivity index (χ0) is 28.2. The van der Waals surface area contributed by atoms with Gasteiger partial charge in [0, 0.05) is 13.1 Å². The molecule has 0 atom stereocenters. The van der Waals surface area contributed by atoms with Gasteiger partial charge in [0.1, 0.15) is 29.6 Å². The molecule has 9 nitrogen and oxygen atoms in total. The molecule has 2 heterocycles. The summed E-state index contributed by atoms with van der Waals surface area (Å²) in [6, 6.07) is 15.8. The summed E-state index contributed by atoms with van der Waals surface area (Å²) in [5.41, 5.74) is 2.54. The Hall–Kier alpha value is -4.50. The number of aryl methyl sites for hydroxylation is 1. The Bertz CT molecular complexity index is 1590. The van der Waals surface area contributed by atoms with Crippen LogP contribution in [-0.4, -0.2) is 45.0 Å². The number of benzene rings is 3. The van der Waals surface area contributed by atoms with E-state index in [-0.39, 0.29) is 11.2 Å². The van der Waals surface area contributed by atoms with Gasteiger partial charge in [-0.2, -0.15) is 0 Å². The molecule has 1 aliphatic heterocycles. The van der Waals surface area contributed by atoms with Crippen LogP contribution >= 0.6 is 0 Å². The highest BCUT2D eigenvalue weighted by Crippen LogP contribution is 2.34. The molecule has 0 radical (unpaired) electrons. The SMILES string of the molecule is CCOC(=O)c1ccc(Oc2c(C)oc3c4c(ccc3c2=O)OCN(CCc2ccc(OC)c(OC)c2)C4)cc1. The molecule has 40 heavy (non-hydrogen) atoms. The molecule has 1 aromatic heterocycles. The van der Waals surface area contributed by atoms with Crippen molar-refractivity contribution in [1.82, 2.24) is 4.90 Å². The van der Waals surface area contributed by atoms with Crippen LogP contribution in [0.2, 0.25) is 0 Å². The van der Waals surface area contributed by atoms with Crippen molar-refractivity contribution in [2.75, 3.05) is 34.1 Å². The molecular formula is C31H31NO8. The topological polar surface area (TPSA) is 96.7 Å². The molecule has 0 unspecified atom stereocenters. The largest absolute Gasteiger partial charge is 0.493 e. The second-order valence-corrected chi connectivity index (χ2v) is 9.35. The highest BCUT2D eigenvalue weighted by atomic mass is 16.5. The fraction of sp³-hybridized carbons (Fsp3) is 0.290. The number of fused-ring (bicyclic) bond motifs is 3. The summed E-state index contributed by atoms with van der Waals surface area (Å²) < 4.78 is 33.9. The van der Waals surface area contributed by atoms with Crippen molar-refractivity contribution in [2.24, 2.45) is 0 Å². The zero-order valence-electron chi connectivity index (χ0n) is 22.9. The zero-order valence-corrected chi connectivity index (χ0v) is 22.9. The number of hydrogen-bond acceptors (Lipinski definition) is 9. The highest BCUT2D eigenvalue weighted by molar-refractivity contribution is 5.89. The summed E-state index contributed by atoms with van der Waals surface area (Å²) in [5.74, 6) is 2.51. The average molecular weight is 546 g/mol. The number of esters is 1.